The molecule has 0 aliphatic carbocycles. The van der Waals surface area contributed by atoms with Crippen molar-refractivity contribution in [2.45, 2.75) is 6.54 Å². The number of carbonyl (C=O) groups is 1. The molecule has 0 spiro atoms. The quantitative estimate of drug-likeness (QED) is 0.226. The van der Waals surface area contributed by atoms with Gasteiger partial charge in [0.2, 0.25) is 0 Å². The molecule has 0 bridgehead atoms. The number of thiazole rings is 1. The summed E-state index contributed by atoms with van der Waals surface area (Å²) < 4.78 is 24.1. The van der Waals surface area contributed by atoms with Gasteiger partial charge < -0.3 is 9.47 Å². The lowest BCUT2D eigenvalue weighted by Crippen LogP contribution is -2.34. The molecule has 0 saturated carbocycles. The van der Waals surface area contributed by atoms with Crippen LogP contribution in [0.15, 0.2) is 78.2 Å². The van der Waals surface area contributed by atoms with Gasteiger partial charge in [0.25, 0.3) is 11.6 Å². The second-order valence-electron chi connectivity index (χ2n) is 7.37. The molecule has 0 atom stereocenters. The lowest BCUT2D eigenvalue weighted by Gasteiger charge is -2.20. The summed E-state index contributed by atoms with van der Waals surface area (Å²) >= 11 is 1.28. The van der Waals surface area contributed by atoms with Crippen LogP contribution in [0.3, 0.4) is 0 Å². The Morgan fingerprint density at radius 1 is 1.09 bits per heavy atom. The molecule has 0 N–H and O–H groups in total. The average molecular weight is 494 g/mol. The normalized spacial score (nSPS) is 10.6. The van der Waals surface area contributed by atoms with Gasteiger partial charge in [-0.15, -0.1) is 11.3 Å². The minimum atomic E-state index is -0.541. The molecule has 1 aromatic heterocycles. The molecule has 0 unspecified atom stereocenters. The third-order valence-corrected chi connectivity index (χ3v) is 5.92. The van der Waals surface area contributed by atoms with Gasteiger partial charge in [0.05, 0.1) is 30.3 Å². The largest absolute Gasteiger partial charge is 0.493 e. The highest BCUT2D eigenvalue weighted by Gasteiger charge is 2.22. The summed E-state index contributed by atoms with van der Waals surface area (Å²) in [7, 11) is 1.36. The Bertz CT molecular complexity index is 1330. The first-order valence-corrected chi connectivity index (χ1v) is 11.3. The third-order valence-electron chi connectivity index (χ3n) is 5.06. The maximum absolute atomic E-state index is 13.3. The Balaban J connectivity index is 1.57. The van der Waals surface area contributed by atoms with E-state index >= 15 is 0 Å². The van der Waals surface area contributed by atoms with Gasteiger partial charge in [-0.2, -0.15) is 0 Å². The number of non-ortho nitro benzene ring substituents is 1. The van der Waals surface area contributed by atoms with Crippen LogP contribution < -0.4 is 14.4 Å². The molecule has 0 aliphatic rings. The minimum absolute atomic E-state index is 0.148. The Kier molecular flexibility index (Phi) is 7.32. The number of nitro benzene ring substituents is 1. The van der Waals surface area contributed by atoms with Gasteiger partial charge >= 0.3 is 0 Å². The summed E-state index contributed by atoms with van der Waals surface area (Å²) in [6, 6.07) is 19.3. The summed E-state index contributed by atoms with van der Waals surface area (Å²) in [5.74, 6) is -0.357. The first kappa shape index (κ1) is 23.8. The van der Waals surface area contributed by atoms with E-state index in [4.69, 9.17) is 9.47 Å². The minimum Gasteiger partial charge on any atom is -0.493 e. The summed E-state index contributed by atoms with van der Waals surface area (Å²) in [6.45, 7) is -0.0801. The van der Waals surface area contributed by atoms with E-state index in [-0.39, 0.29) is 42.1 Å². The maximum atomic E-state index is 13.3. The summed E-state index contributed by atoms with van der Waals surface area (Å²) in [6.07, 6.45) is 0. The number of halogens is 1. The van der Waals surface area contributed by atoms with Crippen LogP contribution in [0.4, 0.5) is 15.2 Å². The predicted octanol–water partition coefficient (Wildman–Crippen LogP) is 5.48. The fraction of sp³-hybridized carbons (Fsp3) is 0.120. The van der Waals surface area contributed by atoms with Crippen LogP contribution in [-0.2, 0) is 11.3 Å². The topological polar surface area (TPSA) is 94.8 Å². The molecule has 1 heterocycles. The van der Waals surface area contributed by atoms with E-state index in [2.05, 4.69) is 4.98 Å². The number of ether oxygens (including phenoxy) is 2. The standard InChI is InChI=1S/C25H20FN3O5S/c1-33-23-13-20(29(31)32)11-12-22(23)34-15-24(30)28(14-17-5-3-2-4-6-17)25-27-21(16-35-25)18-7-9-19(26)10-8-18/h2-13,16H,14-15H2,1H3. The molecule has 0 saturated heterocycles. The molecule has 3 aromatic carbocycles. The molecule has 4 aromatic rings. The van der Waals surface area contributed by atoms with E-state index in [0.29, 0.717) is 10.8 Å². The molecule has 8 nitrogen and oxygen atoms in total. The Hall–Kier alpha value is -4.31. The molecular weight excluding hydrogens is 473 g/mol. The lowest BCUT2D eigenvalue weighted by molar-refractivity contribution is -0.384. The summed E-state index contributed by atoms with van der Waals surface area (Å²) in [5.41, 5.74) is 2.09. The zero-order valence-electron chi connectivity index (χ0n) is 18.6. The van der Waals surface area contributed by atoms with Crippen LogP contribution in [0, 0.1) is 15.9 Å². The van der Waals surface area contributed by atoms with Crippen LogP contribution in [0.5, 0.6) is 11.5 Å². The van der Waals surface area contributed by atoms with Crippen molar-refractivity contribution in [2.24, 2.45) is 0 Å². The lowest BCUT2D eigenvalue weighted by atomic mass is 10.2. The van der Waals surface area contributed by atoms with Crippen LogP contribution in [-0.4, -0.2) is 29.5 Å². The molecule has 0 fully saturated rings. The van der Waals surface area contributed by atoms with Crippen LogP contribution in [0.25, 0.3) is 11.3 Å². The zero-order valence-corrected chi connectivity index (χ0v) is 19.4. The number of rotatable bonds is 9. The van der Waals surface area contributed by atoms with Crippen LogP contribution in [0.2, 0.25) is 0 Å². The zero-order chi connectivity index (χ0) is 24.8. The molecule has 0 aliphatic heterocycles. The fourth-order valence-electron chi connectivity index (χ4n) is 3.28. The van der Waals surface area contributed by atoms with Crippen molar-refractivity contribution in [1.29, 1.82) is 0 Å². The highest BCUT2D eigenvalue weighted by Crippen LogP contribution is 2.32. The van der Waals surface area contributed by atoms with E-state index in [1.165, 1.54) is 53.7 Å². The second-order valence-corrected chi connectivity index (χ2v) is 8.21. The number of aromatic nitrogens is 1. The number of hydrogen-bond donors (Lipinski definition) is 0. The van der Waals surface area contributed by atoms with Crippen molar-refractivity contribution in [3.05, 3.63) is 99.7 Å². The predicted molar refractivity (Wildman–Crippen MR) is 130 cm³/mol. The van der Waals surface area contributed by atoms with Crippen molar-refractivity contribution >= 4 is 28.1 Å². The number of nitro groups is 1. The van der Waals surface area contributed by atoms with Crippen LogP contribution >= 0.6 is 11.3 Å². The van der Waals surface area contributed by atoms with E-state index < -0.39 is 4.92 Å². The van der Waals surface area contributed by atoms with E-state index in [1.807, 2.05) is 30.3 Å². The van der Waals surface area contributed by atoms with Crippen molar-refractivity contribution in [1.82, 2.24) is 4.98 Å². The smallest absolute Gasteiger partial charge is 0.273 e. The Labute approximate surface area is 204 Å². The first-order valence-electron chi connectivity index (χ1n) is 10.5. The van der Waals surface area contributed by atoms with Gasteiger partial charge in [-0.3, -0.25) is 19.8 Å². The van der Waals surface area contributed by atoms with Gasteiger partial charge in [0.1, 0.15) is 5.82 Å². The highest BCUT2D eigenvalue weighted by atomic mass is 32.1. The average Bonchev–Trinajstić information content (AvgIpc) is 3.36. The SMILES string of the molecule is COc1cc([N+](=O)[O-])ccc1OCC(=O)N(Cc1ccccc1)c1nc(-c2ccc(F)cc2)cs1. The van der Waals surface area contributed by atoms with Gasteiger partial charge in [-0.25, -0.2) is 9.37 Å². The van der Waals surface area contributed by atoms with Crippen molar-refractivity contribution in [2.75, 3.05) is 18.6 Å². The Morgan fingerprint density at radius 2 is 1.83 bits per heavy atom. The van der Waals surface area contributed by atoms with Gasteiger partial charge in [0.15, 0.2) is 23.2 Å². The number of hydrogen-bond acceptors (Lipinski definition) is 7. The number of benzene rings is 3. The van der Waals surface area contributed by atoms with E-state index in [0.717, 1.165) is 11.1 Å². The first-order chi connectivity index (χ1) is 16.9. The molecular formula is C25H20FN3O5S. The number of anilines is 1. The van der Waals surface area contributed by atoms with Crippen LogP contribution in [0.1, 0.15) is 5.56 Å². The van der Waals surface area contributed by atoms with E-state index in [1.54, 1.807) is 17.5 Å². The summed E-state index contributed by atoms with van der Waals surface area (Å²) in [5, 5.41) is 13.3. The van der Waals surface area contributed by atoms with Gasteiger partial charge in [-0.1, -0.05) is 30.3 Å². The van der Waals surface area contributed by atoms with E-state index in [9.17, 15) is 19.3 Å². The third kappa shape index (κ3) is 5.79. The fourth-order valence-corrected chi connectivity index (χ4v) is 4.13. The van der Waals surface area contributed by atoms with Gasteiger partial charge in [-0.05, 0) is 35.9 Å². The van der Waals surface area contributed by atoms with Crippen molar-refractivity contribution in [3.63, 3.8) is 0 Å². The second kappa shape index (κ2) is 10.7. The number of methoxy groups -OCH3 is 1. The molecule has 0 radical (unpaired) electrons. The highest BCUT2D eigenvalue weighted by molar-refractivity contribution is 7.14. The molecule has 35 heavy (non-hydrogen) atoms. The molecule has 4 rings (SSSR count). The van der Waals surface area contributed by atoms with Gasteiger partial charge in [0, 0.05) is 17.0 Å². The molecule has 10 heteroatoms. The molecule has 178 valence electrons. The van der Waals surface area contributed by atoms with Crippen molar-refractivity contribution in [3.8, 4) is 22.8 Å². The van der Waals surface area contributed by atoms with Crippen molar-refractivity contribution < 1.29 is 23.6 Å². The number of nitrogens with zero attached hydrogens (tertiary/aromatic N) is 3. The number of carbonyl (C=O) groups excluding carboxylic acids is 1. The maximum Gasteiger partial charge on any atom is 0.273 e. The summed E-state index contributed by atoms with van der Waals surface area (Å²) in [4.78, 5) is 29.8. The monoisotopic (exact) mass is 493 g/mol. The Morgan fingerprint density at radius 3 is 2.51 bits per heavy atom. The molecule has 1 amide bonds. The number of amides is 1.